The maximum atomic E-state index is 12.7. The molecule has 1 saturated heterocycles. The van der Waals surface area contributed by atoms with Crippen LogP contribution in [-0.2, 0) is 9.53 Å². The van der Waals surface area contributed by atoms with Crippen LogP contribution in [0.5, 0.6) is 5.75 Å². The number of hydrogen-bond donors (Lipinski definition) is 0. The van der Waals surface area contributed by atoms with E-state index in [1.807, 2.05) is 12.1 Å². The third-order valence-electron chi connectivity index (χ3n) is 3.74. The first kappa shape index (κ1) is 16.3. The number of benzene rings is 1. The van der Waals surface area contributed by atoms with Crippen molar-refractivity contribution in [3.05, 3.63) is 29.8 Å². The zero-order chi connectivity index (χ0) is 15.9. The van der Waals surface area contributed by atoms with E-state index in [9.17, 15) is 9.59 Å². The van der Waals surface area contributed by atoms with Gasteiger partial charge in [-0.3, -0.25) is 9.59 Å². The highest BCUT2D eigenvalue weighted by Crippen LogP contribution is 2.20. The molecule has 0 aromatic heterocycles. The van der Waals surface area contributed by atoms with Gasteiger partial charge in [0.15, 0.2) is 0 Å². The van der Waals surface area contributed by atoms with Crippen LogP contribution in [0.3, 0.4) is 0 Å². The lowest BCUT2D eigenvalue weighted by Crippen LogP contribution is -2.38. The number of hydrogen-bond acceptors (Lipinski definition) is 4. The molecule has 1 aromatic rings. The molecule has 2 rings (SSSR count). The molecule has 0 bridgehead atoms. The molecular formula is C16H22N2O4. The van der Waals surface area contributed by atoms with Crippen molar-refractivity contribution in [2.24, 2.45) is 0 Å². The van der Waals surface area contributed by atoms with E-state index in [1.165, 1.54) is 7.11 Å². The average Bonchev–Trinajstić information content (AvgIpc) is 2.80. The predicted molar refractivity (Wildman–Crippen MR) is 82.0 cm³/mol. The highest BCUT2D eigenvalue weighted by atomic mass is 16.5. The maximum Gasteiger partial charge on any atom is 0.257 e. The van der Waals surface area contributed by atoms with Crippen LogP contribution in [0.25, 0.3) is 0 Å². The lowest BCUT2D eigenvalue weighted by molar-refractivity contribution is -0.135. The number of carbonyl (C=O) groups excluding carboxylic acids is 2. The summed E-state index contributed by atoms with van der Waals surface area (Å²) in [6, 6.07) is 7.20. The summed E-state index contributed by atoms with van der Waals surface area (Å²) in [6.07, 6.45) is 0.760. The van der Waals surface area contributed by atoms with Gasteiger partial charge in [0.2, 0.25) is 5.91 Å². The second-order valence-corrected chi connectivity index (χ2v) is 5.16. The fourth-order valence-electron chi connectivity index (χ4n) is 2.58. The van der Waals surface area contributed by atoms with E-state index >= 15 is 0 Å². The third kappa shape index (κ3) is 3.76. The fraction of sp³-hybridized carbons (Fsp3) is 0.500. The van der Waals surface area contributed by atoms with Crippen molar-refractivity contribution >= 4 is 11.8 Å². The van der Waals surface area contributed by atoms with Gasteiger partial charge in [-0.1, -0.05) is 12.1 Å². The Balaban J connectivity index is 2.04. The Labute approximate surface area is 130 Å². The first-order valence-corrected chi connectivity index (χ1v) is 7.36. The molecule has 1 aromatic carbocycles. The summed E-state index contributed by atoms with van der Waals surface area (Å²) in [6.45, 7) is 2.42. The van der Waals surface area contributed by atoms with Gasteiger partial charge in [0, 0.05) is 33.3 Å². The smallest absolute Gasteiger partial charge is 0.257 e. The molecule has 0 aliphatic carbocycles. The second kappa shape index (κ2) is 7.79. The van der Waals surface area contributed by atoms with Crippen molar-refractivity contribution in [2.45, 2.75) is 6.42 Å². The van der Waals surface area contributed by atoms with E-state index in [1.54, 1.807) is 29.0 Å². The van der Waals surface area contributed by atoms with E-state index in [2.05, 4.69) is 0 Å². The van der Waals surface area contributed by atoms with Crippen molar-refractivity contribution in [3.8, 4) is 5.75 Å². The Kier molecular flexibility index (Phi) is 5.77. The number of nitrogens with zero attached hydrogens (tertiary/aromatic N) is 2. The van der Waals surface area contributed by atoms with Crippen LogP contribution in [0.4, 0.5) is 0 Å². The average molecular weight is 306 g/mol. The number of rotatable bonds is 4. The minimum Gasteiger partial charge on any atom is -0.496 e. The molecule has 0 saturated carbocycles. The monoisotopic (exact) mass is 306 g/mol. The summed E-state index contributed by atoms with van der Waals surface area (Å²) >= 11 is 0. The van der Waals surface area contributed by atoms with Crippen LogP contribution < -0.4 is 4.74 Å². The van der Waals surface area contributed by atoms with Crippen LogP contribution >= 0.6 is 0 Å². The second-order valence-electron chi connectivity index (χ2n) is 5.16. The number of para-hydroxylation sites is 1. The molecular weight excluding hydrogens is 284 g/mol. The Morgan fingerprint density at radius 1 is 1.05 bits per heavy atom. The molecule has 0 radical (unpaired) electrons. The summed E-state index contributed by atoms with van der Waals surface area (Å²) < 4.78 is 10.1. The molecule has 6 heteroatoms. The zero-order valence-corrected chi connectivity index (χ0v) is 13.1. The van der Waals surface area contributed by atoms with Crippen LogP contribution in [0.1, 0.15) is 16.8 Å². The summed E-state index contributed by atoms with van der Waals surface area (Å²) in [4.78, 5) is 28.1. The first-order valence-electron chi connectivity index (χ1n) is 7.36. The quantitative estimate of drug-likeness (QED) is 0.833. The molecule has 6 nitrogen and oxygen atoms in total. The standard InChI is InChI=1S/C16H22N2O4/c1-21-12-15(19)17-8-5-9-18(11-10-17)16(20)13-6-3-4-7-14(13)22-2/h3-4,6-7H,5,8-12H2,1-2H3. The van der Waals surface area contributed by atoms with Gasteiger partial charge in [0.05, 0.1) is 12.7 Å². The van der Waals surface area contributed by atoms with Gasteiger partial charge in [-0.2, -0.15) is 0 Å². The Morgan fingerprint density at radius 3 is 2.45 bits per heavy atom. The lowest BCUT2D eigenvalue weighted by atomic mass is 10.1. The normalized spacial score (nSPS) is 15.4. The molecule has 1 aliphatic rings. The van der Waals surface area contributed by atoms with E-state index in [0.29, 0.717) is 37.5 Å². The van der Waals surface area contributed by atoms with Gasteiger partial charge in [-0.25, -0.2) is 0 Å². The molecule has 0 atom stereocenters. The SMILES string of the molecule is COCC(=O)N1CCCN(C(=O)c2ccccc2OC)CC1. The summed E-state index contributed by atoms with van der Waals surface area (Å²) in [7, 11) is 3.06. The minimum atomic E-state index is -0.0570. The largest absolute Gasteiger partial charge is 0.496 e. The van der Waals surface area contributed by atoms with Gasteiger partial charge in [-0.05, 0) is 18.6 Å². The highest BCUT2D eigenvalue weighted by molar-refractivity contribution is 5.97. The van der Waals surface area contributed by atoms with Crippen LogP contribution in [-0.4, -0.2) is 68.6 Å². The Hall–Kier alpha value is -2.08. The highest BCUT2D eigenvalue weighted by Gasteiger charge is 2.24. The fourth-order valence-corrected chi connectivity index (χ4v) is 2.58. The molecule has 0 N–H and O–H groups in total. The van der Waals surface area contributed by atoms with Crippen LogP contribution in [0, 0.1) is 0 Å². The predicted octanol–water partition coefficient (Wildman–Crippen LogP) is 1.02. The molecule has 1 heterocycles. The molecule has 1 aliphatic heterocycles. The lowest BCUT2D eigenvalue weighted by Gasteiger charge is -2.22. The van der Waals surface area contributed by atoms with Crippen molar-refractivity contribution < 1.29 is 19.1 Å². The van der Waals surface area contributed by atoms with Gasteiger partial charge >= 0.3 is 0 Å². The van der Waals surface area contributed by atoms with Crippen LogP contribution in [0.2, 0.25) is 0 Å². The third-order valence-corrected chi connectivity index (χ3v) is 3.74. The van der Waals surface area contributed by atoms with Crippen molar-refractivity contribution in [2.75, 3.05) is 47.0 Å². The van der Waals surface area contributed by atoms with Gasteiger partial charge < -0.3 is 19.3 Å². The number of carbonyl (C=O) groups is 2. The molecule has 2 amide bonds. The van der Waals surface area contributed by atoms with Crippen molar-refractivity contribution in [1.82, 2.24) is 9.80 Å². The summed E-state index contributed by atoms with van der Waals surface area (Å²) in [5.41, 5.74) is 0.557. The van der Waals surface area contributed by atoms with E-state index < -0.39 is 0 Å². The van der Waals surface area contributed by atoms with E-state index in [0.717, 1.165) is 6.42 Å². The first-order chi connectivity index (χ1) is 10.7. The topological polar surface area (TPSA) is 59.1 Å². The summed E-state index contributed by atoms with van der Waals surface area (Å²) in [5.74, 6) is 0.483. The van der Waals surface area contributed by atoms with E-state index in [-0.39, 0.29) is 18.4 Å². The number of ether oxygens (including phenoxy) is 2. The van der Waals surface area contributed by atoms with Crippen molar-refractivity contribution in [3.63, 3.8) is 0 Å². The van der Waals surface area contributed by atoms with Crippen LogP contribution in [0.15, 0.2) is 24.3 Å². The minimum absolute atomic E-state index is 0.0332. The molecule has 1 fully saturated rings. The molecule has 22 heavy (non-hydrogen) atoms. The number of methoxy groups -OCH3 is 2. The van der Waals surface area contributed by atoms with E-state index in [4.69, 9.17) is 9.47 Å². The zero-order valence-electron chi connectivity index (χ0n) is 13.1. The molecule has 120 valence electrons. The van der Waals surface area contributed by atoms with Gasteiger partial charge in [0.25, 0.3) is 5.91 Å². The Bertz CT molecular complexity index is 533. The van der Waals surface area contributed by atoms with Crippen molar-refractivity contribution in [1.29, 1.82) is 0 Å². The van der Waals surface area contributed by atoms with Gasteiger partial charge in [0.1, 0.15) is 12.4 Å². The molecule has 0 unspecified atom stereocenters. The molecule has 0 spiro atoms. The van der Waals surface area contributed by atoms with Gasteiger partial charge in [-0.15, -0.1) is 0 Å². The maximum absolute atomic E-state index is 12.7. The Morgan fingerprint density at radius 2 is 1.73 bits per heavy atom. The number of amides is 2. The summed E-state index contributed by atoms with van der Waals surface area (Å²) in [5, 5.41) is 0.